The maximum atomic E-state index is 4.79. The standard InChI is InChI=1S/C24H26N2/c1-6-8-12-20(7-2)23-17-22(19(5)16-15-18(3)4)25-24(26-23)21-13-10-9-11-14-21/h7-17H,3,5-6H2,1-2,4H3/b12-8-,16-15-,20-7+. The molecule has 132 valence electrons. The van der Waals surface area contributed by atoms with Crippen LogP contribution in [0.25, 0.3) is 22.5 Å². The van der Waals surface area contributed by atoms with E-state index in [9.17, 15) is 0 Å². The minimum Gasteiger partial charge on any atom is -0.228 e. The smallest absolute Gasteiger partial charge is 0.160 e. The van der Waals surface area contributed by atoms with Crippen molar-refractivity contribution in [2.24, 2.45) is 0 Å². The normalized spacial score (nSPS) is 12.0. The van der Waals surface area contributed by atoms with Crippen LogP contribution < -0.4 is 0 Å². The monoisotopic (exact) mass is 342 g/mol. The Morgan fingerprint density at radius 1 is 1.00 bits per heavy atom. The minimum atomic E-state index is 0.701. The van der Waals surface area contributed by atoms with Crippen LogP contribution in [0, 0.1) is 0 Å². The van der Waals surface area contributed by atoms with E-state index in [1.54, 1.807) is 0 Å². The molecule has 0 radical (unpaired) electrons. The van der Waals surface area contributed by atoms with E-state index in [2.05, 4.69) is 38.3 Å². The molecule has 0 fully saturated rings. The van der Waals surface area contributed by atoms with Crippen LogP contribution in [0.15, 0.2) is 85.5 Å². The molecular weight excluding hydrogens is 316 g/mol. The second-order valence-corrected chi connectivity index (χ2v) is 6.09. The van der Waals surface area contributed by atoms with E-state index in [4.69, 9.17) is 9.97 Å². The van der Waals surface area contributed by atoms with Gasteiger partial charge in [-0.15, -0.1) is 0 Å². The molecule has 26 heavy (non-hydrogen) atoms. The highest BCUT2D eigenvalue weighted by Gasteiger charge is 2.10. The molecule has 0 aliphatic carbocycles. The number of aromatic nitrogens is 2. The van der Waals surface area contributed by atoms with Crippen LogP contribution in [0.3, 0.4) is 0 Å². The van der Waals surface area contributed by atoms with E-state index >= 15 is 0 Å². The highest BCUT2D eigenvalue weighted by Crippen LogP contribution is 2.24. The Labute approximate surface area is 157 Å². The van der Waals surface area contributed by atoms with E-state index in [-0.39, 0.29) is 0 Å². The Bertz CT molecular complexity index is 868. The lowest BCUT2D eigenvalue weighted by Crippen LogP contribution is -1.99. The van der Waals surface area contributed by atoms with Crippen LogP contribution in [0.4, 0.5) is 0 Å². The third-order valence-electron chi connectivity index (χ3n) is 3.80. The van der Waals surface area contributed by atoms with Gasteiger partial charge in [0.05, 0.1) is 11.4 Å². The Balaban J connectivity index is 2.58. The second-order valence-electron chi connectivity index (χ2n) is 6.09. The largest absolute Gasteiger partial charge is 0.228 e. The fraction of sp³-hybridized carbons (Fsp3) is 0.167. The van der Waals surface area contributed by atoms with Gasteiger partial charge in [-0.2, -0.15) is 0 Å². The zero-order chi connectivity index (χ0) is 18.9. The molecular formula is C24H26N2. The summed E-state index contributed by atoms with van der Waals surface area (Å²) in [6.07, 6.45) is 11.2. The fourth-order valence-corrected chi connectivity index (χ4v) is 2.38. The second kappa shape index (κ2) is 9.47. The van der Waals surface area contributed by atoms with Crippen molar-refractivity contribution >= 4 is 11.1 Å². The molecule has 0 spiro atoms. The van der Waals surface area contributed by atoms with Gasteiger partial charge in [-0.05, 0) is 37.5 Å². The van der Waals surface area contributed by atoms with Crippen molar-refractivity contribution < 1.29 is 0 Å². The lowest BCUT2D eigenvalue weighted by atomic mass is 10.1. The Morgan fingerprint density at radius 3 is 2.31 bits per heavy atom. The van der Waals surface area contributed by atoms with Crippen molar-refractivity contribution in [1.29, 1.82) is 0 Å². The number of hydrogen-bond donors (Lipinski definition) is 0. The molecule has 0 N–H and O–H groups in total. The first-order valence-electron chi connectivity index (χ1n) is 8.85. The number of allylic oxidation sites excluding steroid dienone is 8. The summed E-state index contributed by atoms with van der Waals surface area (Å²) < 4.78 is 0. The van der Waals surface area contributed by atoms with E-state index in [0.717, 1.165) is 40.1 Å². The molecule has 1 aromatic carbocycles. The molecule has 2 nitrogen and oxygen atoms in total. The predicted octanol–water partition coefficient (Wildman–Crippen LogP) is 6.66. The quantitative estimate of drug-likeness (QED) is 0.526. The first kappa shape index (κ1) is 19.3. The van der Waals surface area contributed by atoms with E-state index in [1.807, 2.05) is 62.4 Å². The third kappa shape index (κ3) is 5.25. The van der Waals surface area contributed by atoms with E-state index in [1.165, 1.54) is 0 Å². The SMILES string of the molecule is C=C(C)/C=C\C(=C)c1cc(C(/C=C\CC)=C/C)nc(-c2ccccc2)n1. The first-order valence-corrected chi connectivity index (χ1v) is 8.85. The molecule has 0 aliphatic rings. The minimum absolute atomic E-state index is 0.701. The van der Waals surface area contributed by atoms with Crippen molar-refractivity contribution in [3.05, 3.63) is 96.9 Å². The average Bonchev–Trinajstić information content (AvgIpc) is 2.67. The van der Waals surface area contributed by atoms with Gasteiger partial charge in [-0.1, -0.05) is 86.4 Å². The summed E-state index contributed by atoms with van der Waals surface area (Å²) in [4.78, 5) is 9.53. The Kier molecular flexibility index (Phi) is 7.04. The van der Waals surface area contributed by atoms with Crippen LogP contribution in [0.1, 0.15) is 38.6 Å². The molecule has 2 aromatic rings. The molecule has 1 heterocycles. The number of rotatable bonds is 7. The highest BCUT2D eigenvalue weighted by molar-refractivity contribution is 5.77. The van der Waals surface area contributed by atoms with Gasteiger partial charge in [0.2, 0.25) is 0 Å². The Hall–Kier alpha value is -3.00. The molecule has 0 unspecified atom stereocenters. The summed E-state index contributed by atoms with van der Waals surface area (Å²) in [7, 11) is 0. The fourth-order valence-electron chi connectivity index (χ4n) is 2.38. The summed E-state index contributed by atoms with van der Waals surface area (Å²) in [6, 6.07) is 12.0. The van der Waals surface area contributed by atoms with Crippen molar-refractivity contribution in [1.82, 2.24) is 9.97 Å². The van der Waals surface area contributed by atoms with Gasteiger partial charge in [0.15, 0.2) is 5.82 Å². The lowest BCUT2D eigenvalue weighted by Gasteiger charge is -2.09. The molecule has 2 heteroatoms. The van der Waals surface area contributed by atoms with Crippen LogP contribution >= 0.6 is 0 Å². The van der Waals surface area contributed by atoms with Gasteiger partial charge in [0.1, 0.15) is 0 Å². The summed E-state index contributed by atoms with van der Waals surface area (Å²) in [5.41, 5.74) is 5.58. The van der Waals surface area contributed by atoms with Gasteiger partial charge in [0, 0.05) is 5.56 Å². The first-order chi connectivity index (χ1) is 12.5. The topological polar surface area (TPSA) is 25.8 Å². The molecule has 0 bridgehead atoms. The highest BCUT2D eigenvalue weighted by atomic mass is 14.9. The number of benzene rings is 1. The molecule has 2 rings (SSSR count). The third-order valence-corrected chi connectivity index (χ3v) is 3.80. The predicted molar refractivity (Wildman–Crippen MR) is 114 cm³/mol. The zero-order valence-electron chi connectivity index (χ0n) is 15.9. The molecule has 0 atom stereocenters. The average molecular weight is 342 g/mol. The summed E-state index contributed by atoms with van der Waals surface area (Å²) >= 11 is 0. The van der Waals surface area contributed by atoms with Gasteiger partial charge >= 0.3 is 0 Å². The molecule has 0 saturated heterocycles. The van der Waals surface area contributed by atoms with E-state index in [0.29, 0.717) is 5.82 Å². The maximum absolute atomic E-state index is 4.79. The number of nitrogens with zero attached hydrogens (tertiary/aromatic N) is 2. The van der Waals surface area contributed by atoms with E-state index < -0.39 is 0 Å². The molecule has 0 amide bonds. The number of hydrogen-bond acceptors (Lipinski definition) is 2. The van der Waals surface area contributed by atoms with Crippen molar-refractivity contribution in [2.75, 3.05) is 0 Å². The molecule has 0 saturated carbocycles. The maximum Gasteiger partial charge on any atom is 0.160 e. The zero-order valence-corrected chi connectivity index (χ0v) is 15.9. The summed E-state index contributed by atoms with van der Waals surface area (Å²) in [5, 5.41) is 0. The van der Waals surface area contributed by atoms with Crippen LogP contribution in [-0.2, 0) is 0 Å². The lowest BCUT2D eigenvalue weighted by molar-refractivity contribution is 1.13. The van der Waals surface area contributed by atoms with Crippen LogP contribution in [0.2, 0.25) is 0 Å². The summed E-state index contributed by atoms with van der Waals surface area (Å²) in [5.74, 6) is 0.701. The molecule has 1 aromatic heterocycles. The van der Waals surface area contributed by atoms with Gasteiger partial charge in [-0.25, -0.2) is 9.97 Å². The van der Waals surface area contributed by atoms with Gasteiger partial charge < -0.3 is 0 Å². The van der Waals surface area contributed by atoms with Gasteiger partial charge in [0.25, 0.3) is 0 Å². The van der Waals surface area contributed by atoms with Crippen molar-refractivity contribution in [3.8, 4) is 11.4 Å². The van der Waals surface area contributed by atoms with Crippen molar-refractivity contribution in [2.45, 2.75) is 27.2 Å². The van der Waals surface area contributed by atoms with Crippen LogP contribution in [-0.4, -0.2) is 9.97 Å². The molecule has 0 aliphatic heterocycles. The summed E-state index contributed by atoms with van der Waals surface area (Å²) in [6.45, 7) is 14.2. The van der Waals surface area contributed by atoms with Crippen molar-refractivity contribution in [3.63, 3.8) is 0 Å². The Morgan fingerprint density at radius 2 is 1.69 bits per heavy atom. The van der Waals surface area contributed by atoms with Crippen LogP contribution in [0.5, 0.6) is 0 Å². The van der Waals surface area contributed by atoms with Gasteiger partial charge in [-0.3, -0.25) is 0 Å².